The van der Waals surface area contributed by atoms with Gasteiger partial charge in [-0.15, -0.1) is 0 Å². The number of phenolic OH excluding ortho intramolecular Hbond substituents is 1. The molecule has 3 aromatic rings. The van der Waals surface area contributed by atoms with E-state index in [1.54, 1.807) is 37.8 Å². The molecule has 0 aromatic heterocycles. The Labute approximate surface area is 255 Å². The Bertz CT molecular complexity index is 1410. The van der Waals surface area contributed by atoms with Crippen LogP contribution in [0.3, 0.4) is 0 Å². The second kappa shape index (κ2) is 14.2. The lowest BCUT2D eigenvalue weighted by atomic mass is 9.91. The molecule has 0 radical (unpaired) electrons. The number of aromatic hydroxyl groups is 1. The number of amides is 3. The minimum absolute atomic E-state index is 0.0935. The number of anilines is 1. The van der Waals surface area contributed by atoms with Crippen LogP contribution in [0.2, 0.25) is 0 Å². The van der Waals surface area contributed by atoms with Gasteiger partial charge in [-0.05, 0) is 101 Å². The molecule has 43 heavy (non-hydrogen) atoms. The van der Waals surface area contributed by atoms with E-state index in [4.69, 9.17) is 4.74 Å². The largest absolute Gasteiger partial charge is 0.508 e. The highest BCUT2D eigenvalue weighted by Crippen LogP contribution is 2.32. The number of para-hydroxylation sites is 1. The summed E-state index contributed by atoms with van der Waals surface area (Å²) < 4.78 is 5.52. The van der Waals surface area contributed by atoms with Crippen molar-refractivity contribution < 1.29 is 24.2 Å². The van der Waals surface area contributed by atoms with Gasteiger partial charge < -0.3 is 25.4 Å². The van der Waals surface area contributed by atoms with Crippen LogP contribution in [0.5, 0.6) is 5.75 Å². The van der Waals surface area contributed by atoms with Crippen molar-refractivity contribution >= 4 is 23.6 Å². The van der Waals surface area contributed by atoms with E-state index in [9.17, 15) is 19.5 Å². The topological polar surface area (TPSA) is 108 Å². The van der Waals surface area contributed by atoms with Crippen LogP contribution in [-0.2, 0) is 20.7 Å². The summed E-state index contributed by atoms with van der Waals surface area (Å²) in [5.74, 6) is -0.669. The van der Waals surface area contributed by atoms with Crippen LogP contribution in [0.4, 0.5) is 10.5 Å². The number of hydrogen-bond donors (Lipinski definition) is 3. The number of nitrogens with one attached hydrogen (secondary N) is 2. The molecule has 0 bridgehead atoms. The fourth-order valence-corrected chi connectivity index (χ4v) is 5.06. The first-order valence-electron chi connectivity index (χ1n) is 14.7. The molecule has 3 unspecified atom stereocenters. The highest BCUT2D eigenvalue weighted by Gasteiger charge is 2.40. The first-order chi connectivity index (χ1) is 20.2. The van der Waals surface area contributed by atoms with Gasteiger partial charge in [-0.3, -0.25) is 9.59 Å². The highest BCUT2D eigenvalue weighted by molar-refractivity contribution is 6.00. The SMILES string of the molecule is CCC(C)N(C(=O)C(Cc1ccc(O)cc1)NC(=O)OC(C)(C)C)C(C(=O)Nc1ccccc1C)c1c(C)cccc1C. The van der Waals surface area contributed by atoms with Gasteiger partial charge in [0.25, 0.3) is 5.91 Å². The first-order valence-corrected chi connectivity index (χ1v) is 14.7. The van der Waals surface area contributed by atoms with E-state index in [1.807, 2.05) is 77.1 Å². The Kier molecular flexibility index (Phi) is 11.0. The maximum atomic E-state index is 14.7. The van der Waals surface area contributed by atoms with Gasteiger partial charge in [0.05, 0.1) is 0 Å². The normalized spacial score (nSPS) is 13.4. The van der Waals surface area contributed by atoms with Crippen LogP contribution in [0.15, 0.2) is 66.7 Å². The van der Waals surface area contributed by atoms with Crippen LogP contribution in [0.25, 0.3) is 0 Å². The summed E-state index contributed by atoms with van der Waals surface area (Å²) in [7, 11) is 0. The summed E-state index contributed by atoms with van der Waals surface area (Å²) in [4.78, 5) is 43.6. The third kappa shape index (κ3) is 8.83. The molecule has 230 valence electrons. The Morgan fingerprint density at radius 2 is 1.47 bits per heavy atom. The van der Waals surface area contributed by atoms with Crippen molar-refractivity contribution in [1.29, 1.82) is 0 Å². The lowest BCUT2D eigenvalue weighted by Gasteiger charge is -2.39. The summed E-state index contributed by atoms with van der Waals surface area (Å²) >= 11 is 0. The summed E-state index contributed by atoms with van der Waals surface area (Å²) in [5.41, 5.74) is 4.00. The van der Waals surface area contributed by atoms with E-state index in [-0.39, 0.29) is 24.1 Å². The number of carbonyl (C=O) groups is 3. The Balaban J connectivity index is 2.15. The van der Waals surface area contributed by atoms with Crippen molar-refractivity contribution in [1.82, 2.24) is 10.2 Å². The maximum absolute atomic E-state index is 14.7. The fraction of sp³-hybridized carbons (Fsp3) is 0.400. The smallest absolute Gasteiger partial charge is 0.408 e. The van der Waals surface area contributed by atoms with Crippen LogP contribution in [0, 0.1) is 20.8 Å². The van der Waals surface area contributed by atoms with Crippen molar-refractivity contribution in [3.8, 4) is 5.75 Å². The zero-order chi connectivity index (χ0) is 31.9. The highest BCUT2D eigenvalue weighted by atomic mass is 16.6. The van der Waals surface area contributed by atoms with Gasteiger partial charge in [0.15, 0.2) is 0 Å². The number of nitrogens with zero attached hydrogens (tertiary/aromatic N) is 1. The van der Waals surface area contributed by atoms with Crippen LogP contribution < -0.4 is 10.6 Å². The average Bonchev–Trinajstić information content (AvgIpc) is 2.92. The predicted molar refractivity (Wildman–Crippen MR) is 170 cm³/mol. The zero-order valence-electron chi connectivity index (χ0n) is 26.5. The van der Waals surface area contributed by atoms with Gasteiger partial charge in [0.2, 0.25) is 5.91 Å². The summed E-state index contributed by atoms with van der Waals surface area (Å²) in [6, 6.07) is 17.4. The first kappa shape index (κ1) is 33.2. The third-order valence-electron chi connectivity index (χ3n) is 7.43. The van der Waals surface area contributed by atoms with E-state index in [0.717, 1.165) is 27.8 Å². The van der Waals surface area contributed by atoms with Gasteiger partial charge in [-0.25, -0.2) is 4.79 Å². The summed E-state index contributed by atoms with van der Waals surface area (Å²) in [5, 5.41) is 15.7. The molecule has 0 aliphatic carbocycles. The predicted octanol–water partition coefficient (Wildman–Crippen LogP) is 6.76. The van der Waals surface area contributed by atoms with E-state index >= 15 is 0 Å². The van der Waals surface area contributed by atoms with Gasteiger partial charge in [0, 0.05) is 18.2 Å². The Hall–Kier alpha value is -4.33. The number of alkyl carbamates (subject to hydrolysis) is 1. The molecule has 3 aromatic carbocycles. The quantitative estimate of drug-likeness (QED) is 0.243. The Morgan fingerprint density at radius 1 is 0.884 bits per heavy atom. The van der Waals surface area contributed by atoms with E-state index in [2.05, 4.69) is 10.6 Å². The molecule has 8 nitrogen and oxygen atoms in total. The van der Waals surface area contributed by atoms with Crippen molar-refractivity contribution in [2.45, 2.75) is 92.0 Å². The number of ether oxygens (including phenoxy) is 1. The molecule has 8 heteroatoms. The second-order valence-corrected chi connectivity index (χ2v) is 12.1. The Morgan fingerprint density at radius 3 is 2.02 bits per heavy atom. The molecule has 0 saturated heterocycles. The van der Waals surface area contributed by atoms with E-state index in [0.29, 0.717) is 12.1 Å². The molecule has 0 saturated carbocycles. The third-order valence-corrected chi connectivity index (χ3v) is 7.43. The van der Waals surface area contributed by atoms with Crippen LogP contribution in [-0.4, -0.2) is 45.6 Å². The molecule has 0 aliphatic rings. The van der Waals surface area contributed by atoms with Gasteiger partial charge in [-0.2, -0.15) is 0 Å². The van der Waals surface area contributed by atoms with Crippen molar-refractivity contribution in [2.75, 3.05) is 5.32 Å². The molecule has 0 fully saturated rings. The van der Waals surface area contributed by atoms with Crippen LogP contribution in [0.1, 0.15) is 74.9 Å². The number of rotatable bonds is 10. The number of benzene rings is 3. The molecule has 0 aliphatic heterocycles. The minimum Gasteiger partial charge on any atom is -0.508 e. The monoisotopic (exact) mass is 587 g/mol. The van der Waals surface area contributed by atoms with Gasteiger partial charge >= 0.3 is 6.09 Å². The molecule has 0 heterocycles. The van der Waals surface area contributed by atoms with Gasteiger partial charge in [0.1, 0.15) is 23.4 Å². The zero-order valence-corrected chi connectivity index (χ0v) is 26.5. The molecule has 0 spiro atoms. The van der Waals surface area contributed by atoms with E-state index in [1.165, 1.54) is 12.1 Å². The molecular formula is C35H45N3O5. The summed E-state index contributed by atoms with van der Waals surface area (Å²) in [6.07, 6.45) is -0.0328. The number of hydrogen-bond acceptors (Lipinski definition) is 5. The molecule has 3 N–H and O–H groups in total. The minimum atomic E-state index is -1.05. The number of carbonyl (C=O) groups excluding carboxylic acids is 3. The lowest BCUT2D eigenvalue weighted by Crippen LogP contribution is -2.55. The van der Waals surface area contributed by atoms with Gasteiger partial charge in [-0.1, -0.05) is 55.5 Å². The standard InChI is InChI=1S/C35H45N3O5/c1-9-25(5)38(33(41)29(37-34(42)43-35(6,7)8)21-26-17-19-27(39)20-18-26)31(30-23(3)14-12-15-24(30)4)32(40)36-28-16-11-10-13-22(28)2/h10-20,25,29,31,39H,9,21H2,1-8H3,(H,36,40)(H,37,42). The molecule has 3 rings (SSSR count). The number of phenols is 1. The van der Waals surface area contributed by atoms with Crippen molar-refractivity contribution in [3.63, 3.8) is 0 Å². The molecule has 3 amide bonds. The van der Waals surface area contributed by atoms with Crippen molar-refractivity contribution in [3.05, 3.63) is 94.5 Å². The second-order valence-electron chi connectivity index (χ2n) is 12.1. The van der Waals surface area contributed by atoms with E-state index < -0.39 is 29.7 Å². The average molecular weight is 588 g/mol. The fourth-order valence-electron chi connectivity index (χ4n) is 5.06. The van der Waals surface area contributed by atoms with Crippen LogP contribution >= 0.6 is 0 Å². The lowest BCUT2D eigenvalue weighted by molar-refractivity contribution is -0.143. The molecule has 3 atom stereocenters. The van der Waals surface area contributed by atoms with Crippen molar-refractivity contribution in [2.24, 2.45) is 0 Å². The number of aryl methyl sites for hydroxylation is 3. The summed E-state index contributed by atoms with van der Waals surface area (Å²) in [6.45, 7) is 14.9. The maximum Gasteiger partial charge on any atom is 0.408 e. The molecular weight excluding hydrogens is 542 g/mol.